The number of pyridine rings is 1. The van der Waals surface area contributed by atoms with E-state index in [-0.39, 0.29) is 17.2 Å². The van der Waals surface area contributed by atoms with Crippen LogP contribution in [0.15, 0.2) is 33.9 Å². The fourth-order valence-electron chi connectivity index (χ4n) is 2.39. The van der Waals surface area contributed by atoms with Gasteiger partial charge in [0.1, 0.15) is 11.3 Å². The molecular weight excluding hydrogens is 296 g/mol. The molecule has 23 heavy (non-hydrogen) atoms. The van der Waals surface area contributed by atoms with Crippen LogP contribution in [-0.2, 0) is 14.1 Å². The van der Waals surface area contributed by atoms with Crippen molar-refractivity contribution in [3.63, 3.8) is 0 Å². The number of rotatable bonds is 4. The van der Waals surface area contributed by atoms with Gasteiger partial charge in [-0.25, -0.2) is 9.78 Å². The number of carbonyl (C=O) groups excluding carboxylic acids is 1. The van der Waals surface area contributed by atoms with E-state index in [2.05, 4.69) is 11.6 Å². The standard InChI is InChI=1S/C16H20N4O3/c1-6-20(9-10(2)3)15(22)12-8-7-11-13(17-12)18(4)16(23)19(5)14(11)21/h7-8H,2,6,9H2,1,3-5H3. The first-order valence-corrected chi connectivity index (χ1v) is 7.28. The Morgan fingerprint density at radius 3 is 2.48 bits per heavy atom. The fourth-order valence-corrected chi connectivity index (χ4v) is 2.39. The Kier molecular flexibility index (Phi) is 4.49. The molecule has 2 heterocycles. The van der Waals surface area contributed by atoms with Crippen molar-refractivity contribution in [2.75, 3.05) is 13.1 Å². The number of hydrogen-bond donors (Lipinski definition) is 0. The maximum Gasteiger partial charge on any atom is 0.332 e. The van der Waals surface area contributed by atoms with Crippen LogP contribution in [0.4, 0.5) is 0 Å². The van der Waals surface area contributed by atoms with Crippen molar-refractivity contribution in [3.05, 3.63) is 50.8 Å². The van der Waals surface area contributed by atoms with Gasteiger partial charge in [0.05, 0.1) is 5.39 Å². The third-order valence-electron chi connectivity index (χ3n) is 3.65. The molecule has 0 spiro atoms. The Hall–Kier alpha value is -2.70. The molecule has 122 valence electrons. The van der Waals surface area contributed by atoms with Crippen LogP contribution >= 0.6 is 0 Å². The average molecular weight is 316 g/mol. The number of fused-ring (bicyclic) bond motifs is 1. The summed E-state index contributed by atoms with van der Waals surface area (Å²) >= 11 is 0. The van der Waals surface area contributed by atoms with E-state index in [9.17, 15) is 14.4 Å². The summed E-state index contributed by atoms with van der Waals surface area (Å²) in [5.41, 5.74) is 0.360. The SMILES string of the molecule is C=C(C)CN(CC)C(=O)c1ccc2c(=O)n(C)c(=O)n(C)c2n1. The molecule has 0 saturated heterocycles. The maximum atomic E-state index is 12.6. The molecule has 0 aliphatic rings. The third kappa shape index (κ3) is 2.94. The highest BCUT2D eigenvalue weighted by atomic mass is 16.2. The van der Waals surface area contributed by atoms with Crippen molar-refractivity contribution in [2.24, 2.45) is 14.1 Å². The second-order valence-corrected chi connectivity index (χ2v) is 5.55. The summed E-state index contributed by atoms with van der Waals surface area (Å²) in [5, 5.41) is 0.300. The molecule has 2 rings (SSSR count). The van der Waals surface area contributed by atoms with Crippen LogP contribution in [0.25, 0.3) is 11.0 Å². The number of hydrogen-bond acceptors (Lipinski definition) is 4. The van der Waals surface area contributed by atoms with Crippen molar-refractivity contribution < 1.29 is 4.79 Å². The monoisotopic (exact) mass is 316 g/mol. The predicted molar refractivity (Wildman–Crippen MR) is 88.6 cm³/mol. The summed E-state index contributed by atoms with van der Waals surface area (Å²) in [6.45, 7) is 8.47. The smallest absolute Gasteiger partial charge is 0.332 e. The Bertz CT molecular complexity index is 908. The van der Waals surface area contributed by atoms with Crippen LogP contribution in [0.1, 0.15) is 24.3 Å². The molecule has 2 aromatic heterocycles. The van der Waals surface area contributed by atoms with Gasteiger partial charge in [-0.15, -0.1) is 0 Å². The highest BCUT2D eigenvalue weighted by Gasteiger charge is 2.18. The van der Waals surface area contributed by atoms with Gasteiger partial charge in [0, 0.05) is 27.2 Å². The first kappa shape index (κ1) is 16.7. The van der Waals surface area contributed by atoms with Crippen LogP contribution in [0.5, 0.6) is 0 Å². The molecule has 0 saturated carbocycles. The summed E-state index contributed by atoms with van der Waals surface area (Å²) in [6.07, 6.45) is 0. The summed E-state index contributed by atoms with van der Waals surface area (Å²) in [7, 11) is 2.94. The van der Waals surface area contributed by atoms with Crippen molar-refractivity contribution in [2.45, 2.75) is 13.8 Å². The lowest BCUT2D eigenvalue weighted by molar-refractivity contribution is 0.0773. The Morgan fingerprint density at radius 1 is 1.26 bits per heavy atom. The molecule has 2 aromatic rings. The molecule has 0 unspecified atom stereocenters. The molecule has 7 heteroatoms. The Labute approximate surface area is 133 Å². The van der Waals surface area contributed by atoms with Gasteiger partial charge in [-0.1, -0.05) is 12.2 Å². The quantitative estimate of drug-likeness (QED) is 0.777. The van der Waals surface area contributed by atoms with E-state index in [1.54, 1.807) is 4.90 Å². The number of carbonyl (C=O) groups is 1. The maximum absolute atomic E-state index is 12.6. The van der Waals surface area contributed by atoms with Gasteiger partial charge in [-0.05, 0) is 26.0 Å². The lowest BCUT2D eigenvalue weighted by atomic mass is 10.2. The molecule has 1 amide bonds. The fraction of sp³-hybridized carbons (Fsp3) is 0.375. The zero-order valence-electron chi connectivity index (χ0n) is 13.8. The van der Waals surface area contributed by atoms with Crippen LogP contribution in [0.3, 0.4) is 0 Å². The topological polar surface area (TPSA) is 77.2 Å². The molecule has 0 aliphatic carbocycles. The van der Waals surface area contributed by atoms with Crippen LogP contribution in [0, 0.1) is 0 Å². The summed E-state index contributed by atoms with van der Waals surface area (Å²) in [5.74, 6) is -0.259. The van der Waals surface area contributed by atoms with Crippen molar-refractivity contribution in [3.8, 4) is 0 Å². The summed E-state index contributed by atoms with van der Waals surface area (Å²) in [6, 6.07) is 3.05. The van der Waals surface area contributed by atoms with Gasteiger partial charge in [0.15, 0.2) is 0 Å². The number of aryl methyl sites for hydroxylation is 1. The normalized spacial score (nSPS) is 10.8. The number of nitrogens with zero attached hydrogens (tertiary/aromatic N) is 4. The predicted octanol–water partition coefficient (Wildman–Crippen LogP) is 0.670. The summed E-state index contributed by atoms with van der Waals surface area (Å²) < 4.78 is 2.29. The number of likely N-dealkylation sites (N-methyl/N-ethyl adjacent to an activating group) is 1. The second kappa shape index (κ2) is 6.20. The molecule has 0 fully saturated rings. The van der Waals surface area contributed by atoms with E-state index in [1.165, 1.54) is 30.8 Å². The number of aromatic nitrogens is 3. The average Bonchev–Trinajstić information content (AvgIpc) is 2.54. The third-order valence-corrected chi connectivity index (χ3v) is 3.65. The molecule has 0 radical (unpaired) electrons. The minimum absolute atomic E-state index is 0.198. The largest absolute Gasteiger partial charge is 0.334 e. The molecule has 0 aromatic carbocycles. The molecule has 0 atom stereocenters. The molecular formula is C16H20N4O3. The number of amides is 1. The second-order valence-electron chi connectivity index (χ2n) is 5.55. The molecule has 7 nitrogen and oxygen atoms in total. The Morgan fingerprint density at radius 2 is 1.91 bits per heavy atom. The van der Waals surface area contributed by atoms with Crippen LogP contribution in [0.2, 0.25) is 0 Å². The molecule has 0 bridgehead atoms. The van der Waals surface area contributed by atoms with Crippen molar-refractivity contribution in [1.29, 1.82) is 0 Å². The Balaban J connectivity index is 2.61. The lowest BCUT2D eigenvalue weighted by Crippen LogP contribution is -2.38. The van der Waals surface area contributed by atoms with E-state index in [4.69, 9.17) is 0 Å². The van der Waals surface area contributed by atoms with E-state index in [0.29, 0.717) is 18.5 Å². The van der Waals surface area contributed by atoms with E-state index >= 15 is 0 Å². The lowest BCUT2D eigenvalue weighted by Gasteiger charge is -2.20. The van der Waals surface area contributed by atoms with Gasteiger partial charge in [-0.2, -0.15) is 0 Å². The van der Waals surface area contributed by atoms with Crippen LogP contribution in [-0.4, -0.2) is 38.0 Å². The first-order chi connectivity index (χ1) is 10.8. The van der Waals surface area contributed by atoms with E-state index in [1.807, 2.05) is 13.8 Å². The zero-order chi connectivity index (χ0) is 17.3. The van der Waals surface area contributed by atoms with Gasteiger partial charge < -0.3 is 4.90 Å². The highest BCUT2D eigenvalue weighted by Crippen LogP contribution is 2.09. The minimum Gasteiger partial charge on any atom is -0.334 e. The minimum atomic E-state index is -0.478. The van der Waals surface area contributed by atoms with Gasteiger partial charge in [0.25, 0.3) is 11.5 Å². The van der Waals surface area contributed by atoms with Crippen LogP contribution < -0.4 is 11.2 Å². The van der Waals surface area contributed by atoms with Crippen molar-refractivity contribution >= 4 is 16.9 Å². The van der Waals surface area contributed by atoms with E-state index in [0.717, 1.165) is 10.1 Å². The van der Waals surface area contributed by atoms with Gasteiger partial charge >= 0.3 is 5.69 Å². The van der Waals surface area contributed by atoms with Gasteiger partial charge in [-0.3, -0.25) is 18.7 Å². The molecule has 0 N–H and O–H groups in total. The zero-order valence-corrected chi connectivity index (χ0v) is 13.8. The van der Waals surface area contributed by atoms with Crippen molar-refractivity contribution in [1.82, 2.24) is 19.0 Å². The first-order valence-electron chi connectivity index (χ1n) is 7.28. The highest BCUT2D eigenvalue weighted by molar-refractivity contribution is 5.94. The van der Waals surface area contributed by atoms with Gasteiger partial charge in [0.2, 0.25) is 0 Å². The molecule has 0 aliphatic heterocycles. The van der Waals surface area contributed by atoms with E-state index < -0.39 is 11.2 Å². The summed E-state index contributed by atoms with van der Waals surface area (Å²) in [4.78, 5) is 42.5.